The quantitative estimate of drug-likeness (QED) is 0.502. The van der Waals surface area contributed by atoms with Gasteiger partial charge in [-0.1, -0.05) is 29.8 Å². The molecule has 0 aliphatic heterocycles. The molecule has 0 aliphatic rings. The second-order valence-electron chi connectivity index (χ2n) is 6.55. The Labute approximate surface area is 177 Å². The summed E-state index contributed by atoms with van der Waals surface area (Å²) in [6.45, 7) is 1.91. The molecule has 3 aromatic heterocycles. The Hall–Kier alpha value is -3.03. The number of nitrogens with one attached hydrogen (secondary N) is 1. The highest BCUT2D eigenvalue weighted by Crippen LogP contribution is 2.30. The lowest BCUT2D eigenvalue weighted by Gasteiger charge is -2.11. The maximum absolute atomic E-state index is 13.0. The number of halogens is 1. The number of aryl methyl sites for hydroxylation is 1. The van der Waals surface area contributed by atoms with Gasteiger partial charge in [0.05, 0.1) is 22.3 Å². The number of hydrogen-bond acceptors (Lipinski definition) is 5. The summed E-state index contributed by atoms with van der Waals surface area (Å²) in [6, 6.07) is 10.9. The summed E-state index contributed by atoms with van der Waals surface area (Å²) < 4.78 is 1.61. The highest BCUT2D eigenvalue weighted by Gasteiger charge is 2.21. The minimum absolute atomic E-state index is 0.223. The molecule has 6 nitrogen and oxygen atoms in total. The average molecular weight is 424 g/mol. The molecule has 0 fully saturated rings. The molecule has 29 heavy (non-hydrogen) atoms. The molecule has 8 heteroatoms. The molecule has 146 valence electrons. The number of carbonyl (C=O) groups is 1. The van der Waals surface area contributed by atoms with Crippen LogP contribution in [0.15, 0.2) is 60.4 Å². The Balaban J connectivity index is 1.56. The van der Waals surface area contributed by atoms with E-state index in [4.69, 9.17) is 11.6 Å². The van der Waals surface area contributed by atoms with Crippen molar-refractivity contribution >= 4 is 28.8 Å². The SMILES string of the molecule is CC(NC(=O)c1cn(C)nc1-c1ccccc1Cl)c1nc(-c2cccnc2)cs1. The van der Waals surface area contributed by atoms with Gasteiger partial charge in [0.25, 0.3) is 5.91 Å². The Kier molecular flexibility index (Phi) is 5.42. The maximum Gasteiger partial charge on any atom is 0.255 e. The van der Waals surface area contributed by atoms with E-state index < -0.39 is 0 Å². The van der Waals surface area contributed by atoms with E-state index in [2.05, 4.69) is 20.4 Å². The Morgan fingerprint density at radius 3 is 2.83 bits per heavy atom. The summed E-state index contributed by atoms with van der Waals surface area (Å²) in [4.78, 5) is 21.8. The third-order valence-electron chi connectivity index (χ3n) is 4.40. The Morgan fingerprint density at radius 2 is 2.07 bits per heavy atom. The predicted molar refractivity (Wildman–Crippen MR) is 115 cm³/mol. The zero-order valence-electron chi connectivity index (χ0n) is 15.8. The van der Waals surface area contributed by atoms with E-state index in [-0.39, 0.29) is 11.9 Å². The van der Waals surface area contributed by atoms with Gasteiger partial charge in [0.1, 0.15) is 10.7 Å². The number of benzene rings is 1. The topological polar surface area (TPSA) is 72.7 Å². The van der Waals surface area contributed by atoms with Crippen molar-refractivity contribution < 1.29 is 4.79 Å². The smallest absolute Gasteiger partial charge is 0.255 e. The van der Waals surface area contributed by atoms with E-state index >= 15 is 0 Å². The van der Waals surface area contributed by atoms with Crippen LogP contribution in [-0.4, -0.2) is 25.7 Å². The maximum atomic E-state index is 13.0. The standard InChI is InChI=1S/C21H18ClN5OS/c1-13(21-25-18(12-29-21)14-6-5-9-23-10-14)24-20(28)16-11-27(2)26-19(16)15-7-3-4-8-17(15)22/h3-13H,1-2H3,(H,24,28). The van der Waals surface area contributed by atoms with Crippen molar-refractivity contribution in [3.05, 3.63) is 76.0 Å². The predicted octanol–water partition coefficient (Wildman–Crippen LogP) is 4.75. The lowest BCUT2D eigenvalue weighted by molar-refractivity contribution is 0.0940. The monoisotopic (exact) mass is 423 g/mol. The lowest BCUT2D eigenvalue weighted by atomic mass is 10.1. The van der Waals surface area contributed by atoms with Crippen LogP contribution >= 0.6 is 22.9 Å². The summed E-state index contributed by atoms with van der Waals surface area (Å²) in [7, 11) is 1.78. The molecule has 4 aromatic rings. The number of carbonyl (C=O) groups excluding carboxylic acids is 1. The largest absolute Gasteiger partial charge is 0.343 e. The van der Waals surface area contributed by atoms with Crippen LogP contribution in [0.5, 0.6) is 0 Å². The summed E-state index contributed by atoms with van der Waals surface area (Å²) in [6.07, 6.45) is 5.20. The van der Waals surface area contributed by atoms with Crippen LogP contribution in [0.1, 0.15) is 28.3 Å². The number of aromatic nitrogens is 4. The number of thiazole rings is 1. The van der Waals surface area contributed by atoms with E-state index in [1.54, 1.807) is 36.4 Å². The van der Waals surface area contributed by atoms with Gasteiger partial charge < -0.3 is 5.32 Å². The first-order valence-electron chi connectivity index (χ1n) is 8.98. The molecule has 0 bridgehead atoms. The van der Waals surface area contributed by atoms with Gasteiger partial charge in [0.2, 0.25) is 0 Å². The van der Waals surface area contributed by atoms with Crippen LogP contribution in [-0.2, 0) is 7.05 Å². The number of pyridine rings is 1. The second kappa shape index (κ2) is 8.14. The van der Waals surface area contributed by atoms with Crippen molar-refractivity contribution in [1.29, 1.82) is 0 Å². The molecule has 4 rings (SSSR count). The molecule has 1 unspecified atom stereocenters. The summed E-state index contributed by atoms with van der Waals surface area (Å²) >= 11 is 7.82. The molecule has 1 atom stereocenters. The number of rotatable bonds is 5. The van der Waals surface area contributed by atoms with Gasteiger partial charge in [-0.3, -0.25) is 14.5 Å². The molecular formula is C21H18ClN5OS. The van der Waals surface area contributed by atoms with Crippen LogP contribution in [0.4, 0.5) is 0 Å². The zero-order chi connectivity index (χ0) is 20.4. The lowest BCUT2D eigenvalue weighted by Crippen LogP contribution is -2.26. The summed E-state index contributed by atoms with van der Waals surface area (Å²) in [5.41, 5.74) is 3.54. The van der Waals surface area contributed by atoms with Crippen molar-refractivity contribution in [1.82, 2.24) is 25.1 Å². The highest BCUT2D eigenvalue weighted by molar-refractivity contribution is 7.10. The first-order chi connectivity index (χ1) is 14.0. The highest BCUT2D eigenvalue weighted by atomic mass is 35.5. The fourth-order valence-corrected chi connectivity index (χ4v) is 4.04. The third-order valence-corrected chi connectivity index (χ3v) is 5.76. The van der Waals surface area contributed by atoms with E-state index in [1.807, 2.05) is 42.6 Å². The van der Waals surface area contributed by atoms with Gasteiger partial charge in [-0.2, -0.15) is 5.10 Å². The van der Waals surface area contributed by atoms with Gasteiger partial charge in [-0.25, -0.2) is 4.98 Å². The third kappa shape index (κ3) is 4.06. The van der Waals surface area contributed by atoms with Crippen LogP contribution in [0.2, 0.25) is 5.02 Å². The minimum Gasteiger partial charge on any atom is -0.343 e. The fourth-order valence-electron chi connectivity index (χ4n) is 2.98. The van der Waals surface area contributed by atoms with Gasteiger partial charge in [-0.15, -0.1) is 11.3 Å². The minimum atomic E-state index is -0.253. The van der Waals surface area contributed by atoms with Gasteiger partial charge >= 0.3 is 0 Å². The van der Waals surface area contributed by atoms with E-state index in [0.717, 1.165) is 21.8 Å². The number of amides is 1. The summed E-state index contributed by atoms with van der Waals surface area (Å²) in [5.74, 6) is -0.223. The molecule has 1 N–H and O–H groups in total. The van der Waals surface area contributed by atoms with Gasteiger partial charge in [-0.05, 0) is 25.1 Å². The summed E-state index contributed by atoms with van der Waals surface area (Å²) in [5, 5.41) is 10.8. The van der Waals surface area contributed by atoms with Crippen molar-refractivity contribution in [3.63, 3.8) is 0 Å². The van der Waals surface area contributed by atoms with Crippen LogP contribution in [0.3, 0.4) is 0 Å². The van der Waals surface area contributed by atoms with E-state index in [1.165, 1.54) is 11.3 Å². The number of hydrogen-bond donors (Lipinski definition) is 1. The molecule has 3 heterocycles. The van der Waals surface area contributed by atoms with Crippen molar-refractivity contribution in [2.45, 2.75) is 13.0 Å². The molecule has 0 aliphatic carbocycles. The zero-order valence-corrected chi connectivity index (χ0v) is 17.4. The molecular weight excluding hydrogens is 406 g/mol. The van der Waals surface area contributed by atoms with E-state index in [9.17, 15) is 4.79 Å². The molecule has 0 spiro atoms. The molecule has 0 saturated heterocycles. The average Bonchev–Trinajstić information content (AvgIpc) is 3.36. The van der Waals surface area contributed by atoms with Crippen LogP contribution < -0.4 is 5.32 Å². The first-order valence-corrected chi connectivity index (χ1v) is 10.2. The van der Waals surface area contributed by atoms with Gasteiger partial charge in [0, 0.05) is 42.1 Å². The van der Waals surface area contributed by atoms with Gasteiger partial charge in [0.15, 0.2) is 0 Å². The Morgan fingerprint density at radius 1 is 1.24 bits per heavy atom. The Bertz CT molecular complexity index is 1150. The van der Waals surface area contributed by atoms with Crippen LogP contribution in [0.25, 0.3) is 22.5 Å². The fraction of sp³-hybridized carbons (Fsp3) is 0.143. The van der Waals surface area contributed by atoms with Crippen molar-refractivity contribution in [2.75, 3.05) is 0 Å². The first kappa shape index (κ1) is 19.3. The molecule has 1 aromatic carbocycles. The molecule has 0 saturated carbocycles. The van der Waals surface area contributed by atoms with Crippen molar-refractivity contribution in [3.8, 4) is 22.5 Å². The van der Waals surface area contributed by atoms with Crippen LogP contribution in [0, 0.1) is 0 Å². The second-order valence-corrected chi connectivity index (χ2v) is 7.85. The number of nitrogens with zero attached hydrogens (tertiary/aromatic N) is 4. The van der Waals surface area contributed by atoms with Crippen molar-refractivity contribution in [2.24, 2.45) is 7.05 Å². The molecule has 0 radical (unpaired) electrons. The normalized spacial score (nSPS) is 12.0. The molecule has 1 amide bonds. The van der Waals surface area contributed by atoms with E-state index in [0.29, 0.717) is 16.3 Å².